The molecule has 1 amide bonds. The van der Waals surface area contributed by atoms with Crippen molar-refractivity contribution in [3.05, 3.63) is 58.9 Å². The van der Waals surface area contributed by atoms with Gasteiger partial charge in [0.1, 0.15) is 18.0 Å². The van der Waals surface area contributed by atoms with Crippen molar-refractivity contribution in [1.29, 1.82) is 0 Å². The molecule has 5 heteroatoms. The Morgan fingerprint density at radius 1 is 1.23 bits per heavy atom. The van der Waals surface area contributed by atoms with Crippen molar-refractivity contribution in [1.82, 2.24) is 9.88 Å². The van der Waals surface area contributed by atoms with E-state index in [2.05, 4.69) is 11.9 Å². The molecule has 1 aliphatic rings. The van der Waals surface area contributed by atoms with Crippen molar-refractivity contribution < 1.29 is 14.6 Å². The zero-order valence-corrected chi connectivity index (χ0v) is 15.7. The number of hydrogen-bond donors (Lipinski definition) is 1. The quantitative estimate of drug-likeness (QED) is 0.917. The molecule has 0 bridgehead atoms. The van der Waals surface area contributed by atoms with E-state index in [4.69, 9.17) is 4.74 Å². The summed E-state index contributed by atoms with van der Waals surface area (Å²) < 4.78 is 5.83. The number of pyridine rings is 1. The lowest BCUT2D eigenvalue weighted by Crippen LogP contribution is -2.53. The van der Waals surface area contributed by atoms with E-state index in [0.29, 0.717) is 18.5 Å². The molecule has 0 radical (unpaired) electrons. The van der Waals surface area contributed by atoms with Crippen molar-refractivity contribution in [2.24, 2.45) is 0 Å². The Kier molecular flexibility index (Phi) is 5.28. The molecule has 2 heterocycles. The van der Waals surface area contributed by atoms with Gasteiger partial charge >= 0.3 is 0 Å². The Balaban J connectivity index is 1.65. The van der Waals surface area contributed by atoms with Crippen LogP contribution in [0.15, 0.2) is 36.5 Å². The third kappa shape index (κ3) is 4.22. The molecule has 1 unspecified atom stereocenters. The summed E-state index contributed by atoms with van der Waals surface area (Å²) in [6.45, 7) is 7.05. The number of β-amino-alcohol motifs (C(OH)–C–C–N with tert-alkyl or cyclic N) is 1. The van der Waals surface area contributed by atoms with Gasteiger partial charge in [-0.1, -0.05) is 6.07 Å². The van der Waals surface area contributed by atoms with Crippen LogP contribution < -0.4 is 4.74 Å². The van der Waals surface area contributed by atoms with Gasteiger partial charge in [-0.25, -0.2) is 0 Å². The van der Waals surface area contributed by atoms with Gasteiger partial charge in [0.05, 0.1) is 12.1 Å². The normalized spacial score (nSPS) is 20.1. The fourth-order valence-corrected chi connectivity index (χ4v) is 3.20. The topological polar surface area (TPSA) is 62.7 Å². The van der Waals surface area contributed by atoms with Crippen LogP contribution in [0.4, 0.5) is 0 Å². The highest BCUT2D eigenvalue weighted by molar-refractivity contribution is 5.94. The van der Waals surface area contributed by atoms with Gasteiger partial charge in [-0.05, 0) is 69.0 Å². The monoisotopic (exact) mass is 354 g/mol. The van der Waals surface area contributed by atoms with Crippen LogP contribution in [0.3, 0.4) is 0 Å². The molecule has 0 saturated carbocycles. The molecule has 1 atom stereocenters. The zero-order valence-electron chi connectivity index (χ0n) is 15.7. The number of rotatable bonds is 4. The van der Waals surface area contributed by atoms with Gasteiger partial charge in [0, 0.05) is 18.4 Å². The summed E-state index contributed by atoms with van der Waals surface area (Å²) in [5.74, 6) is 0.648. The number of piperidine rings is 1. The molecule has 1 aromatic carbocycles. The maximum Gasteiger partial charge on any atom is 0.255 e. The molecule has 1 saturated heterocycles. The highest BCUT2D eigenvalue weighted by atomic mass is 16.5. The third-order valence-corrected chi connectivity index (χ3v) is 4.99. The SMILES string of the molecule is Cc1ccc(C(=O)N2CCCC(O)(COc3ccc(C)c(C)c3)C2)cn1. The second-order valence-electron chi connectivity index (χ2n) is 7.28. The number of carbonyl (C=O) groups is 1. The number of nitrogens with zero attached hydrogens (tertiary/aromatic N) is 2. The van der Waals surface area contributed by atoms with Crippen molar-refractivity contribution >= 4 is 5.91 Å². The molecule has 1 aliphatic heterocycles. The molecule has 1 N–H and O–H groups in total. The first-order valence-corrected chi connectivity index (χ1v) is 9.01. The van der Waals surface area contributed by atoms with Gasteiger partial charge in [0.15, 0.2) is 0 Å². The smallest absolute Gasteiger partial charge is 0.255 e. The molecule has 3 rings (SSSR count). The molecular weight excluding hydrogens is 328 g/mol. The minimum Gasteiger partial charge on any atom is -0.491 e. The Labute approximate surface area is 154 Å². The molecule has 138 valence electrons. The standard InChI is InChI=1S/C21H26N2O3/c1-15-5-8-19(11-16(15)2)26-14-21(25)9-4-10-23(13-21)20(24)18-7-6-17(3)22-12-18/h5-8,11-12,25H,4,9-10,13-14H2,1-3H3. The van der Waals surface area contributed by atoms with E-state index < -0.39 is 5.60 Å². The van der Waals surface area contributed by atoms with Crippen LogP contribution in [-0.2, 0) is 0 Å². The number of benzene rings is 1. The number of carbonyl (C=O) groups excluding carboxylic acids is 1. The van der Waals surface area contributed by atoms with E-state index in [-0.39, 0.29) is 19.1 Å². The van der Waals surface area contributed by atoms with Crippen LogP contribution in [-0.4, -0.2) is 46.2 Å². The summed E-state index contributed by atoms with van der Waals surface area (Å²) in [5, 5.41) is 10.9. The van der Waals surface area contributed by atoms with Crippen LogP contribution in [0.25, 0.3) is 0 Å². The van der Waals surface area contributed by atoms with Crippen LogP contribution in [0.2, 0.25) is 0 Å². The summed E-state index contributed by atoms with van der Waals surface area (Å²) >= 11 is 0. The predicted octanol–water partition coefficient (Wildman–Crippen LogP) is 3.05. The lowest BCUT2D eigenvalue weighted by Gasteiger charge is -2.39. The third-order valence-electron chi connectivity index (χ3n) is 4.99. The summed E-state index contributed by atoms with van der Waals surface area (Å²) in [7, 11) is 0. The van der Waals surface area contributed by atoms with Crippen LogP contribution >= 0.6 is 0 Å². The van der Waals surface area contributed by atoms with Gasteiger partial charge in [-0.3, -0.25) is 9.78 Å². The number of likely N-dealkylation sites (tertiary alicyclic amines) is 1. The first-order valence-electron chi connectivity index (χ1n) is 9.01. The van der Waals surface area contributed by atoms with E-state index in [1.165, 1.54) is 5.56 Å². The Hall–Kier alpha value is -2.40. The van der Waals surface area contributed by atoms with Crippen LogP contribution in [0.1, 0.15) is 40.0 Å². The predicted molar refractivity (Wildman–Crippen MR) is 100 cm³/mol. The fourth-order valence-electron chi connectivity index (χ4n) is 3.20. The number of ether oxygens (including phenoxy) is 1. The maximum atomic E-state index is 12.7. The van der Waals surface area contributed by atoms with Crippen LogP contribution in [0.5, 0.6) is 5.75 Å². The summed E-state index contributed by atoms with van der Waals surface area (Å²) in [6, 6.07) is 9.50. The molecule has 1 fully saturated rings. The minimum absolute atomic E-state index is 0.0956. The Morgan fingerprint density at radius 2 is 2.04 bits per heavy atom. The average molecular weight is 354 g/mol. The van der Waals surface area contributed by atoms with Gasteiger partial charge < -0.3 is 14.7 Å². The minimum atomic E-state index is -1.04. The number of hydrogen-bond acceptors (Lipinski definition) is 4. The van der Waals surface area contributed by atoms with Gasteiger partial charge in [-0.15, -0.1) is 0 Å². The van der Waals surface area contributed by atoms with E-state index in [9.17, 15) is 9.90 Å². The first-order chi connectivity index (χ1) is 12.4. The van der Waals surface area contributed by atoms with E-state index >= 15 is 0 Å². The maximum absolute atomic E-state index is 12.7. The van der Waals surface area contributed by atoms with Crippen molar-refractivity contribution in [2.75, 3.05) is 19.7 Å². The zero-order chi connectivity index (χ0) is 18.7. The largest absolute Gasteiger partial charge is 0.491 e. The number of aromatic nitrogens is 1. The van der Waals surface area contributed by atoms with Crippen molar-refractivity contribution in [2.45, 2.75) is 39.2 Å². The fraction of sp³-hybridized carbons (Fsp3) is 0.429. The highest BCUT2D eigenvalue weighted by Gasteiger charge is 2.36. The van der Waals surface area contributed by atoms with E-state index in [1.54, 1.807) is 17.2 Å². The number of aryl methyl sites for hydroxylation is 3. The first kappa shape index (κ1) is 18.4. The highest BCUT2D eigenvalue weighted by Crippen LogP contribution is 2.25. The molecule has 5 nitrogen and oxygen atoms in total. The second kappa shape index (κ2) is 7.46. The molecule has 0 spiro atoms. The molecule has 2 aromatic rings. The lowest BCUT2D eigenvalue weighted by atomic mass is 9.93. The van der Waals surface area contributed by atoms with Gasteiger partial charge in [-0.2, -0.15) is 0 Å². The average Bonchev–Trinajstić information content (AvgIpc) is 2.63. The summed E-state index contributed by atoms with van der Waals surface area (Å²) in [6.07, 6.45) is 2.96. The van der Waals surface area contributed by atoms with Crippen molar-refractivity contribution in [3.8, 4) is 5.75 Å². The second-order valence-corrected chi connectivity index (χ2v) is 7.28. The summed E-state index contributed by atoms with van der Waals surface area (Å²) in [5.41, 5.74) is 2.75. The van der Waals surface area contributed by atoms with Gasteiger partial charge in [0.25, 0.3) is 5.91 Å². The number of amides is 1. The van der Waals surface area contributed by atoms with E-state index in [0.717, 1.165) is 23.4 Å². The molecular formula is C21H26N2O3. The molecule has 0 aliphatic carbocycles. The van der Waals surface area contributed by atoms with E-state index in [1.807, 2.05) is 38.1 Å². The summed E-state index contributed by atoms with van der Waals surface area (Å²) in [4.78, 5) is 18.6. The molecule has 26 heavy (non-hydrogen) atoms. The Bertz CT molecular complexity index is 788. The van der Waals surface area contributed by atoms with Crippen LogP contribution in [0, 0.1) is 20.8 Å². The number of aliphatic hydroxyl groups is 1. The van der Waals surface area contributed by atoms with Crippen molar-refractivity contribution in [3.63, 3.8) is 0 Å². The molecule has 1 aromatic heterocycles. The van der Waals surface area contributed by atoms with Gasteiger partial charge in [0.2, 0.25) is 0 Å². The Morgan fingerprint density at radius 3 is 2.73 bits per heavy atom. The lowest BCUT2D eigenvalue weighted by molar-refractivity contribution is -0.0532.